The van der Waals surface area contributed by atoms with Crippen LogP contribution in [0.1, 0.15) is 25.7 Å². The number of hydrogen-bond donors (Lipinski definition) is 2. The fourth-order valence-electron chi connectivity index (χ4n) is 1.97. The monoisotopic (exact) mass is 215 g/mol. The van der Waals surface area contributed by atoms with Crippen LogP contribution in [0.5, 0.6) is 0 Å². The van der Waals surface area contributed by atoms with Crippen LogP contribution in [0.25, 0.3) is 0 Å². The van der Waals surface area contributed by atoms with Crippen LogP contribution in [0, 0.1) is 5.92 Å². The van der Waals surface area contributed by atoms with Gasteiger partial charge < -0.3 is 5.32 Å². The van der Waals surface area contributed by atoms with Crippen molar-refractivity contribution < 1.29 is 4.79 Å². The summed E-state index contributed by atoms with van der Waals surface area (Å²) in [6.45, 7) is 0. The van der Waals surface area contributed by atoms with E-state index in [4.69, 9.17) is 18.1 Å². The third-order valence-corrected chi connectivity index (χ3v) is 2.85. The largest absolute Gasteiger partial charge is 0.379 e. The summed E-state index contributed by atoms with van der Waals surface area (Å²) >= 11 is 4.75. The normalized spacial score (nSPS) is 26.7. The summed E-state index contributed by atoms with van der Waals surface area (Å²) in [6, 6.07) is 0.166. The van der Waals surface area contributed by atoms with Crippen LogP contribution < -0.4 is 11.2 Å². The Kier molecular flexibility index (Phi) is 4.28. The van der Waals surface area contributed by atoms with Crippen LogP contribution in [0.4, 0.5) is 0 Å². The van der Waals surface area contributed by atoms with Crippen molar-refractivity contribution in [2.24, 2.45) is 11.8 Å². The average molecular weight is 215 g/mol. The Labute approximate surface area is 89.8 Å². The van der Waals surface area contributed by atoms with Crippen LogP contribution in [0.2, 0.25) is 0 Å². The number of nitrogens with one attached hydrogen (secondary N) is 1. The summed E-state index contributed by atoms with van der Waals surface area (Å²) in [4.78, 5) is 11.7. The molecule has 0 bridgehead atoms. The number of nitrogens with two attached hydrogens (primary N) is 1. The highest BCUT2D eigenvalue weighted by atomic mass is 32.1. The molecule has 1 rings (SSSR count). The Morgan fingerprint density at radius 1 is 1.57 bits per heavy atom. The van der Waals surface area contributed by atoms with Gasteiger partial charge in [0.15, 0.2) is 0 Å². The molecule has 0 heterocycles. The van der Waals surface area contributed by atoms with Gasteiger partial charge in [-0.15, -0.1) is 0 Å². The van der Waals surface area contributed by atoms with E-state index >= 15 is 0 Å². The molecular weight excluding hydrogens is 198 g/mol. The minimum absolute atomic E-state index is 0.000880. The highest BCUT2D eigenvalue weighted by Gasteiger charge is 2.31. The molecule has 14 heavy (non-hydrogen) atoms. The lowest BCUT2D eigenvalue weighted by Crippen LogP contribution is -2.48. The molecule has 1 fully saturated rings. The Hall–Kier alpha value is -0.680. The van der Waals surface area contributed by atoms with Crippen LogP contribution in [-0.4, -0.2) is 29.5 Å². The van der Waals surface area contributed by atoms with Crippen LogP contribution in [0.3, 0.4) is 0 Å². The van der Waals surface area contributed by atoms with Crippen molar-refractivity contribution in [1.82, 2.24) is 10.3 Å². The van der Waals surface area contributed by atoms with Gasteiger partial charge in [0.05, 0.1) is 11.4 Å². The van der Waals surface area contributed by atoms with E-state index in [0.717, 1.165) is 25.7 Å². The third kappa shape index (κ3) is 2.65. The van der Waals surface area contributed by atoms with Gasteiger partial charge in [-0.1, -0.05) is 25.1 Å². The highest BCUT2D eigenvalue weighted by molar-refractivity contribution is 7.78. The van der Waals surface area contributed by atoms with Crippen molar-refractivity contribution in [3.63, 3.8) is 0 Å². The molecule has 1 saturated carbocycles. The molecule has 80 valence electrons. The van der Waals surface area contributed by atoms with Gasteiger partial charge in [-0.3, -0.25) is 9.80 Å². The molecule has 5 heteroatoms. The second-order valence-electron chi connectivity index (χ2n) is 3.73. The molecule has 1 amide bonds. The molecule has 0 aromatic rings. The van der Waals surface area contributed by atoms with Crippen molar-refractivity contribution in [2.75, 3.05) is 7.05 Å². The van der Waals surface area contributed by atoms with Gasteiger partial charge in [-0.25, -0.2) is 5.84 Å². The number of amides is 1. The van der Waals surface area contributed by atoms with E-state index in [2.05, 4.69) is 5.32 Å². The second-order valence-corrected chi connectivity index (χ2v) is 3.97. The van der Waals surface area contributed by atoms with Gasteiger partial charge in [0.2, 0.25) is 5.91 Å². The van der Waals surface area contributed by atoms with E-state index in [1.54, 1.807) is 7.05 Å². The van der Waals surface area contributed by atoms with E-state index < -0.39 is 0 Å². The first-order valence-electron chi connectivity index (χ1n) is 4.88. The number of carbonyl (C=O) groups is 1. The predicted molar refractivity (Wildman–Crippen MR) is 59.5 cm³/mol. The minimum Gasteiger partial charge on any atom is -0.379 e. The summed E-state index contributed by atoms with van der Waals surface area (Å²) in [7, 11) is 1.59. The summed E-state index contributed by atoms with van der Waals surface area (Å²) in [6.07, 6.45) is 4.15. The Balaban J connectivity index is 2.61. The maximum atomic E-state index is 11.7. The standard InChI is InChI=1S/C9H17N3OS/c1-12(10)9(13)7-4-2-3-5-8(7)11-6-14/h6-8H,2-5,10H2,1H3,(H,11,14). The molecule has 0 saturated heterocycles. The van der Waals surface area contributed by atoms with E-state index in [-0.39, 0.29) is 17.9 Å². The first-order valence-corrected chi connectivity index (χ1v) is 5.36. The van der Waals surface area contributed by atoms with Crippen molar-refractivity contribution >= 4 is 23.6 Å². The zero-order valence-corrected chi connectivity index (χ0v) is 9.22. The zero-order valence-electron chi connectivity index (χ0n) is 8.40. The van der Waals surface area contributed by atoms with Gasteiger partial charge in [0, 0.05) is 13.1 Å². The maximum absolute atomic E-state index is 11.7. The van der Waals surface area contributed by atoms with E-state index in [1.165, 1.54) is 10.5 Å². The summed E-state index contributed by atoms with van der Waals surface area (Å²) in [5.41, 5.74) is 1.49. The second kappa shape index (κ2) is 5.26. The number of hydrogen-bond acceptors (Lipinski definition) is 3. The minimum atomic E-state index is -0.0158. The fourth-order valence-corrected chi connectivity index (χ4v) is 2.15. The van der Waals surface area contributed by atoms with Crippen molar-refractivity contribution in [1.29, 1.82) is 0 Å². The third-order valence-electron chi connectivity index (χ3n) is 2.71. The Morgan fingerprint density at radius 3 is 2.79 bits per heavy atom. The lowest BCUT2D eigenvalue weighted by molar-refractivity contribution is -0.136. The van der Waals surface area contributed by atoms with E-state index in [0.29, 0.717) is 0 Å². The van der Waals surface area contributed by atoms with Crippen LogP contribution >= 0.6 is 12.2 Å². The molecule has 4 nitrogen and oxygen atoms in total. The number of hydrazine groups is 1. The molecule has 1 aliphatic rings. The van der Waals surface area contributed by atoms with E-state index in [1.807, 2.05) is 0 Å². The number of rotatable bonds is 3. The van der Waals surface area contributed by atoms with Gasteiger partial charge in [-0.05, 0) is 12.8 Å². The summed E-state index contributed by atoms with van der Waals surface area (Å²) in [5, 5.41) is 4.23. The molecule has 1 aliphatic carbocycles. The SMILES string of the molecule is CN(N)C(=O)C1CCCCC1NC=S. The Morgan fingerprint density at radius 2 is 2.21 bits per heavy atom. The zero-order chi connectivity index (χ0) is 10.6. The smallest absolute Gasteiger partial charge is 0.241 e. The number of nitrogens with zero attached hydrogens (tertiary/aromatic N) is 1. The van der Waals surface area contributed by atoms with Crippen molar-refractivity contribution in [3.05, 3.63) is 0 Å². The summed E-state index contributed by atoms with van der Waals surface area (Å²) < 4.78 is 0. The summed E-state index contributed by atoms with van der Waals surface area (Å²) in [5.74, 6) is 5.43. The predicted octanol–water partition coefficient (Wildman–Crippen LogP) is 0.424. The molecule has 3 N–H and O–H groups in total. The quantitative estimate of drug-likeness (QED) is 0.310. The first-order chi connectivity index (χ1) is 6.66. The van der Waals surface area contributed by atoms with Gasteiger partial charge in [0.1, 0.15) is 0 Å². The molecule has 0 aliphatic heterocycles. The molecule has 0 spiro atoms. The topological polar surface area (TPSA) is 58.4 Å². The van der Waals surface area contributed by atoms with Gasteiger partial charge in [-0.2, -0.15) is 0 Å². The molecule has 2 unspecified atom stereocenters. The molecule has 0 aromatic heterocycles. The fraction of sp³-hybridized carbons (Fsp3) is 0.778. The number of thiocarbonyl (C=S) groups is 1. The lowest BCUT2D eigenvalue weighted by atomic mass is 9.84. The van der Waals surface area contributed by atoms with Crippen molar-refractivity contribution in [2.45, 2.75) is 31.7 Å². The molecule has 2 atom stereocenters. The van der Waals surface area contributed by atoms with E-state index in [9.17, 15) is 4.79 Å². The first kappa shape index (κ1) is 11.4. The van der Waals surface area contributed by atoms with Crippen LogP contribution in [-0.2, 0) is 4.79 Å². The molecule has 0 aromatic carbocycles. The van der Waals surface area contributed by atoms with Gasteiger partial charge in [0.25, 0.3) is 0 Å². The van der Waals surface area contributed by atoms with Crippen molar-refractivity contribution in [3.8, 4) is 0 Å². The van der Waals surface area contributed by atoms with Crippen LogP contribution in [0.15, 0.2) is 0 Å². The Bertz CT molecular complexity index is 220. The number of carbonyl (C=O) groups excluding carboxylic acids is 1. The van der Waals surface area contributed by atoms with Gasteiger partial charge >= 0.3 is 0 Å². The highest BCUT2D eigenvalue weighted by Crippen LogP contribution is 2.25. The maximum Gasteiger partial charge on any atom is 0.241 e. The molecule has 0 radical (unpaired) electrons. The lowest BCUT2D eigenvalue weighted by Gasteiger charge is -2.31. The molecular formula is C9H17N3OS. The average Bonchev–Trinajstić information content (AvgIpc) is 2.18.